The monoisotopic (exact) mass is 228 g/mol. The Morgan fingerprint density at radius 1 is 1.12 bits per heavy atom. The number of aromatic nitrogens is 2. The maximum atomic E-state index is 5.63. The van der Waals surface area contributed by atoms with Crippen LogP contribution in [0, 0.1) is 0 Å². The molecular formula is C13H16N4. The number of hydrogen-bond donors (Lipinski definition) is 2. The van der Waals surface area contributed by atoms with Crippen molar-refractivity contribution in [2.75, 3.05) is 11.1 Å². The lowest BCUT2D eigenvalue weighted by Crippen LogP contribution is -1.98. The van der Waals surface area contributed by atoms with Gasteiger partial charge in [-0.1, -0.05) is 13.8 Å². The van der Waals surface area contributed by atoms with Crippen LogP contribution in [0.3, 0.4) is 0 Å². The van der Waals surface area contributed by atoms with Gasteiger partial charge in [-0.25, -0.2) is 9.97 Å². The van der Waals surface area contributed by atoms with E-state index in [1.807, 2.05) is 30.3 Å². The van der Waals surface area contributed by atoms with E-state index in [0.717, 1.165) is 22.9 Å². The van der Waals surface area contributed by atoms with E-state index in [9.17, 15) is 0 Å². The summed E-state index contributed by atoms with van der Waals surface area (Å²) in [6.45, 7) is 4.21. The zero-order valence-corrected chi connectivity index (χ0v) is 10.0. The summed E-state index contributed by atoms with van der Waals surface area (Å²) in [5.41, 5.74) is 8.37. The molecule has 0 aliphatic rings. The van der Waals surface area contributed by atoms with E-state index in [1.54, 1.807) is 6.33 Å². The molecular weight excluding hydrogens is 212 g/mol. The van der Waals surface area contributed by atoms with Crippen LogP contribution in [0.4, 0.5) is 17.2 Å². The molecule has 1 aromatic carbocycles. The largest absolute Gasteiger partial charge is 0.399 e. The van der Waals surface area contributed by atoms with Gasteiger partial charge in [-0.2, -0.15) is 0 Å². The van der Waals surface area contributed by atoms with Crippen molar-refractivity contribution >= 4 is 17.2 Å². The molecule has 0 spiro atoms. The number of hydrogen-bond acceptors (Lipinski definition) is 4. The maximum Gasteiger partial charge on any atom is 0.133 e. The summed E-state index contributed by atoms with van der Waals surface area (Å²) in [4.78, 5) is 8.41. The summed E-state index contributed by atoms with van der Waals surface area (Å²) in [6, 6.07) is 9.51. The molecule has 4 heteroatoms. The number of anilines is 3. The number of nitrogen functional groups attached to an aromatic ring is 1. The molecule has 0 aliphatic heterocycles. The molecule has 0 aliphatic carbocycles. The average Bonchev–Trinajstić information content (AvgIpc) is 2.32. The molecule has 0 radical (unpaired) electrons. The molecule has 4 nitrogen and oxygen atoms in total. The zero-order valence-electron chi connectivity index (χ0n) is 10.0. The molecule has 88 valence electrons. The van der Waals surface area contributed by atoms with Gasteiger partial charge in [0.1, 0.15) is 12.1 Å². The van der Waals surface area contributed by atoms with Crippen LogP contribution in [0.15, 0.2) is 36.7 Å². The molecule has 2 rings (SSSR count). The number of nitrogens with two attached hydrogens (primary N) is 1. The van der Waals surface area contributed by atoms with Gasteiger partial charge in [-0.3, -0.25) is 0 Å². The molecule has 0 saturated heterocycles. The number of rotatable bonds is 3. The highest BCUT2D eigenvalue weighted by Gasteiger charge is 2.03. The predicted octanol–water partition coefficient (Wildman–Crippen LogP) is 2.93. The van der Waals surface area contributed by atoms with Crippen LogP contribution in [-0.4, -0.2) is 9.97 Å². The Hall–Kier alpha value is -2.10. The van der Waals surface area contributed by atoms with Gasteiger partial charge in [0.2, 0.25) is 0 Å². The van der Waals surface area contributed by atoms with Crippen molar-refractivity contribution in [2.45, 2.75) is 19.8 Å². The highest BCUT2D eigenvalue weighted by atomic mass is 15.0. The van der Waals surface area contributed by atoms with E-state index in [4.69, 9.17) is 5.73 Å². The highest BCUT2D eigenvalue weighted by Crippen LogP contribution is 2.18. The van der Waals surface area contributed by atoms with Crippen molar-refractivity contribution in [1.82, 2.24) is 9.97 Å². The average molecular weight is 228 g/mol. The normalized spacial score (nSPS) is 10.5. The van der Waals surface area contributed by atoms with Crippen LogP contribution < -0.4 is 11.1 Å². The summed E-state index contributed by atoms with van der Waals surface area (Å²) in [5, 5.41) is 3.22. The molecule has 1 aromatic heterocycles. The first-order chi connectivity index (χ1) is 8.15. The highest BCUT2D eigenvalue weighted by molar-refractivity contribution is 5.59. The molecule has 3 N–H and O–H groups in total. The van der Waals surface area contributed by atoms with Crippen molar-refractivity contribution < 1.29 is 0 Å². The smallest absolute Gasteiger partial charge is 0.133 e. The lowest BCUT2D eigenvalue weighted by Gasteiger charge is -2.08. The van der Waals surface area contributed by atoms with Gasteiger partial charge in [-0.15, -0.1) is 0 Å². The topological polar surface area (TPSA) is 63.8 Å². The van der Waals surface area contributed by atoms with E-state index >= 15 is 0 Å². The van der Waals surface area contributed by atoms with E-state index in [0.29, 0.717) is 5.92 Å². The van der Waals surface area contributed by atoms with E-state index in [1.165, 1.54) is 0 Å². The third-order valence-corrected chi connectivity index (χ3v) is 2.46. The first-order valence-corrected chi connectivity index (χ1v) is 5.59. The van der Waals surface area contributed by atoms with Crippen molar-refractivity contribution in [3.05, 3.63) is 42.4 Å². The van der Waals surface area contributed by atoms with Crippen molar-refractivity contribution in [2.24, 2.45) is 0 Å². The fourth-order valence-corrected chi connectivity index (χ4v) is 1.47. The van der Waals surface area contributed by atoms with Crippen LogP contribution in [0.2, 0.25) is 0 Å². The Kier molecular flexibility index (Phi) is 3.23. The molecule has 0 amide bonds. The Bertz CT molecular complexity index is 491. The van der Waals surface area contributed by atoms with Crippen LogP contribution in [0.5, 0.6) is 0 Å². The van der Waals surface area contributed by atoms with Gasteiger partial charge in [0.25, 0.3) is 0 Å². The standard InChI is InChI=1S/C13H16N4/c1-9(2)12-7-13(16-8-15-12)17-11-5-3-10(14)4-6-11/h3-9H,14H2,1-2H3,(H,15,16,17). The minimum Gasteiger partial charge on any atom is -0.399 e. The number of nitrogens with one attached hydrogen (secondary N) is 1. The van der Waals surface area contributed by atoms with Crippen LogP contribution in [0.1, 0.15) is 25.5 Å². The fraction of sp³-hybridized carbons (Fsp3) is 0.231. The molecule has 0 atom stereocenters. The van der Waals surface area contributed by atoms with Crippen molar-refractivity contribution in [3.63, 3.8) is 0 Å². The Morgan fingerprint density at radius 2 is 1.82 bits per heavy atom. The van der Waals surface area contributed by atoms with Gasteiger partial charge in [0.15, 0.2) is 0 Å². The summed E-state index contributed by atoms with van der Waals surface area (Å²) >= 11 is 0. The first-order valence-electron chi connectivity index (χ1n) is 5.59. The molecule has 0 fully saturated rings. The van der Waals surface area contributed by atoms with Crippen LogP contribution in [0.25, 0.3) is 0 Å². The minimum absolute atomic E-state index is 0.393. The molecule has 0 saturated carbocycles. The number of nitrogens with zero attached hydrogens (tertiary/aromatic N) is 2. The maximum absolute atomic E-state index is 5.63. The molecule has 1 heterocycles. The second-order valence-corrected chi connectivity index (χ2v) is 4.23. The quantitative estimate of drug-likeness (QED) is 0.793. The molecule has 0 bridgehead atoms. The SMILES string of the molecule is CC(C)c1cc(Nc2ccc(N)cc2)ncn1. The Labute approximate surface area is 101 Å². The van der Waals surface area contributed by atoms with Gasteiger partial charge in [0, 0.05) is 23.1 Å². The Morgan fingerprint density at radius 3 is 2.47 bits per heavy atom. The molecule has 2 aromatic rings. The summed E-state index contributed by atoms with van der Waals surface area (Å²) in [7, 11) is 0. The lowest BCUT2D eigenvalue weighted by molar-refractivity contribution is 0.815. The zero-order chi connectivity index (χ0) is 12.3. The third kappa shape index (κ3) is 2.93. The third-order valence-electron chi connectivity index (χ3n) is 2.46. The fourth-order valence-electron chi connectivity index (χ4n) is 1.47. The second-order valence-electron chi connectivity index (χ2n) is 4.23. The van der Waals surface area contributed by atoms with Crippen molar-refractivity contribution in [1.29, 1.82) is 0 Å². The van der Waals surface area contributed by atoms with Gasteiger partial charge < -0.3 is 11.1 Å². The van der Waals surface area contributed by atoms with E-state index in [-0.39, 0.29) is 0 Å². The van der Waals surface area contributed by atoms with E-state index < -0.39 is 0 Å². The Balaban J connectivity index is 2.18. The molecule has 17 heavy (non-hydrogen) atoms. The van der Waals surface area contributed by atoms with E-state index in [2.05, 4.69) is 29.1 Å². The van der Waals surface area contributed by atoms with Crippen molar-refractivity contribution in [3.8, 4) is 0 Å². The number of benzene rings is 1. The summed E-state index contributed by atoms with van der Waals surface area (Å²) in [6.07, 6.45) is 1.58. The summed E-state index contributed by atoms with van der Waals surface area (Å²) in [5.74, 6) is 1.19. The lowest BCUT2D eigenvalue weighted by atomic mass is 10.1. The van der Waals surface area contributed by atoms with Gasteiger partial charge in [-0.05, 0) is 30.2 Å². The second kappa shape index (κ2) is 4.82. The molecule has 0 unspecified atom stereocenters. The van der Waals surface area contributed by atoms with Gasteiger partial charge >= 0.3 is 0 Å². The predicted molar refractivity (Wildman–Crippen MR) is 70.3 cm³/mol. The first kappa shape index (κ1) is 11.4. The van der Waals surface area contributed by atoms with Crippen LogP contribution >= 0.6 is 0 Å². The minimum atomic E-state index is 0.393. The van der Waals surface area contributed by atoms with Crippen LogP contribution in [-0.2, 0) is 0 Å². The summed E-state index contributed by atoms with van der Waals surface area (Å²) < 4.78 is 0. The van der Waals surface area contributed by atoms with Gasteiger partial charge in [0.05, 0.1) is 0 Å².